The molecule has 10 rings (SSSR count). The van der Waals surface area contributed by atoms with Crippen molar-refractivity contribution in [3.05, 3.63) is 24.5 Å². The van der Waals surface area contributed by atoms with Crippen LogP contribution in [0.2, 0.25) is 0 Å². The van der Waals surface area contributed by atoms with Crippen LogP contribution < -0.4 is 42.5 Å². The summed E-state index contributed by atoms with van der Waals surface area (Å²) in [6.07, 6.45) is 29.3. The van der Waals surface area contributed by atoms with E-state index in [4.69, 9.17) is 0 Å². The quantitative estimate of drug-likeness (QED) is 0.217. The van der Waals surface area contributed by atoms with Crippen molar-refractivity contribution < 1.29 is 0 Å². The largest absolute Gasteiger partial charge is 0.368 e. The second kappa shape index (κ2) is 13.1. The number of hydrogen-bond acceptors (Lipinski definition) is 8. The SMILES string of the molecule is C1CCC2C3NC(NC4NC(NC5NC(NC6NC(N3)C3CCCCC63)C3CCCCC53)C3CCCCC43)C2C1.c1cc[nH]c1. The van der Waals surface area contributed by atoms with Crippen molar-refractivity contribution in [1.82, 2.24) is 47.5 Å². The summed E-state index contributed by atoms with van der Waals surface area (Å²) in [5.41, 5.74) is 0. The second-order valence-corrected chi connectivity index (χ2v) is 16.5. The number of aromatic amines is 1. The molecule has 1 aromatic heterocycles. The zero-order chi connectivity index (χ0) is 29.7. The summed E-state index contributed by atoms with van der Waals surface area (Å²) >= 11 is 0. The molecular weight excluding hydrogens is 558 g/mol. The van der Waals surface area contributed by atoms with Crippen LogP contribution in [0.3, 0.4) is 0 Å². The summed E-state index contributed by atoms with van der Waals surface area (Å²) in [6.45, 7) is 0. The standard InChI is InChI=1S/C32H56N8.C4H5N/c1-2-10-18-17(9-1)25-33-26(18)38-28-21-13-5-6-14-22(21)30(35-28)40-32-24-16-8-7-15-23(24)31(36-32)39-29-20-12-4-3-11-19(20)27(34-29)37-25;1-2-4-5-3-1/h17-40H,1-16H2;1-5H. The van der Waals surface area contributed by atoms with E-state index < -0.39 is 0 Å². The average molecular weight is 620 g/mol. The van der Waals surface area contributed by atoms with Gasteiger partial charge in [-0.2, -0.15) is 0 Å². The lowest BCUT2D eigenvalue weighted by Crippen LogP contribution is -2.61. The molecule has 8 bridgehead atoms. The molecule has 8 unspecified atom stereocenters. The van der Waals surface area contributed by atoms with E-state index >= 15 is 0 Å². The van der Waals surface area contributed by atoms with Gasteiger partial charge in [0, 0.05) is 12.4 Å². The van der Waals surface area contributed by atoms with Gasteiger partial charge in [0.15, 0.2) is 0 Å². The molecule has 5 saturated heterocycles. The van der Waals surface area contributed by atoms with Crippen LogP contribution in [0.4, 0.5) is 0 Å². The summed E-state index contributed by atoms with van der Waals surface area (Å²) in [5.74, 6) is 5.97. The Morgan fingerprint density at radius 1 is 0.267 bits per heavy atom. The number of hydrogen-bond donors (Lipinski definition) is 9. The first kappa shape index (κ1) is 30.1. The fourth-order valence-corrected chi connectivity index (χ4v) is 12.3. The first-order valence-corrected chi connectivity index (χ1v) is 19.5. The van der Waals surface area contributed by atoms with Crippen molar-refractivity contribution in [1.29, 1.82) is 0 Å². The lowest BCUT2D eigenvalue weighted by atomic mass is 9.76. The van der Waals surface area contributed by atoms with Crippen LogP contribution in [-0.4, -0.2) is 54.3 Å². The minimum Gasteiger partial charge on any atom is -0.368 e. The van der Waals surface area contributed by atoms with Gasteiger partial charge in [0.1, 0.15) is 0 Å². The van der Waals surface area contributed by atoms with Gasteiger partial charge in [-0.3, -0.25) is 42.5 Å². The highest BCUT2D eigenvalue weighted by atomic mass is 15.4. The first-order valence-electron chi connectivity index (χ1n) is 19.5. The highest BCUT2D eigenvalue weighted by Crippen LogP contribution is 2.45. The highest BCUT2D eigenvalue weighted by molar-refractivity contribution is 5.08. The Morgan fingerprint density at radius 2 is 0.444 bits per heavy atom. The Balaban J connectivity index is 0.000000515. The molecule has 0 aromatic carbocycles. The van der Waals surface area contributed by atoms with Crippen LogP contribution in [0.25, 0.3) is 0 Å². The summed E-state index contributed by atoms with van der Waals surface area (Å²) < 4.78 is 0. The van der Waals surface area contributed by atoms with Gasteiger partial charge in [0.25, 0.3) is 0 Å². The van der Waals surface area contributed by atoms with Crippen LogP contribution in [0.1, 0.15) is 103 Å². The molecule has 4 saturated carbocycles. The van der Waals surface area contributed by atoms with Crippen molar-refractivity contribution in [2.24, 2.45) is 47.3 Å². The Morgan fingerprint density at radius 3 is 0.578 bits per heavy atom. The van der Waals surface area contributed by atoms with Crippen LogP contribution >= 0.6 is 0 Å². The van der Waals surface area contributed by atoms with Crippen LogP contribution in [0.5, 0.6) is 0 Å². The molecule has 8 atom stereocenters. The van der Waals surface area contributed by atoms with Gasteiger partial charge in [-0.05, 0) is 111 Å². The molecule has 1 aromatic rings. The zero-order valence-corrected chi connectivity index (χ0v) is 27.4. The van der Waals surface area contributed by atoms with Gasteiger partial charge in [0.2, 0.25) is 0 Å². The van der Waals surface area contributed by atoms with E-state index in [1.807, 2.05) is 24.5 Å². The molecule has 4 aliphatic carbocycles. The second-order valence-electron chi connectivity index (χ2n) is 16.5. The van der Waals surface area contributed by atoms with Gasteiger partial charge in [-0.1, -0.05) is 51.4 Å². The fraction of sp³-hybridized carbons (Fsp3) is 0.889. The maximum atomic E-state index is 4.26. The van der Waals surface area contributed by atoms with Crippen molar-refractivity contribution in [3.8, 4) is 0 Å². The molecule has 0 spiro atoms. The van der Waals surface area contributed by atoms with Gasteiger partial charge < -0.3 is 4.98 Å². The monoisotopic (exact) mass is 620 g/mol. The van der Waals surface area contributed by atoms with Gasteiger partial charge in [-0.25, -0.2) is 0 Å². The minimum absolute atomic E-state index is 0.420. The number of aromatic nitrogens is 1. The molecule has 250 valence electrons. The van der Waals surface area contributed by atoms with Gasteiger partial charge >= 0.3 is 0 Å². The lowest BCUT2D eigenvalue weighted by molar-refractivity contribution is 0.167. The Labute approximate surface area is 271 Å². The average Bonchev–Trinajstić information content (AvgIpc) is 3.93. The summed E-state index contributed by atoms with van der Waals surface area (Å²) in [6, 6.07) is 3.89. The van der Waals surface area contributed by atoms with Crippen LogP contribution in [0.15, 0.2) is 24.5 Å². The minimum atomic E-state index is 0.420. The van der Waals surface area contributed by atoms with E-state index in [0.29, 0.717) is 49.3 Å². The molecule has 45 heavy (non-hydrogen) atoms. The third-order valence-electron chi connectivity index (χ3n) is 14.3. The Bertz CT molecular complexity index is 875. The van der Waals surface area contributed by atoms with E-state index in [9.17, 15) is 0 Å². The fourth-order valence-electron chi connectivity index (χ4n) is 12.3. The maximum absolute atomic E-state index is 4.26. The van der Waals surface area contributed by atoms with Crippen molar-refractivity contribution in [2.45, 2.75) is 152 Å². The summed E-state index contributed by atoms with van der Waals surface area (Å²) in [4.78, 5) is 2.86. The molecule has 9 aliphatic rings. The van der Waals surface area contributed by atoms with E-state index in [1.165, 1.54) is 103 Å². The van der Waals surface area contributed by atoms with E-state index in [-0.39, 0.29) is 0 Å². The number of rotatable bonds is 0. The summed E-state index contributed by atoms with van der Waals surface area (Å²) in [7, 11) is 0. The van der Waals surface area contributed by atoms with Crippen LogP contribution in [0, 0.1) is 47.3 Å². The molecule has 9 fully saturated rings. The predicted octanol–water partition coefficient (Wildman–Crippen LogP) is 3.62. The molecular formula is C36H61N9. The Kier molecular flexibility index (Phi) is 8.75. The normalized spacial score (nSPS) is 52.1. The molecule has 9 nitrogen and oxygen atoms in total. The zero-order valence-electron chi connectivity index (χ0n) is 27.4. The molecule has 5 aliphatic heterocycles. The third kappa shape index (κ3) is 5.75. The predicted molar refractivity (Wildman–Crippen MR) is 178 cm³/mol. The van der Waals surface area contributed by atoms with Gasteiger partial charge in [0.05, 0.1) is 49.3 Å². The Hall–Kier alpha value is -1.04. The van der Waals surface area contributed by atoms with Crippen LogP contribution in [-0.2, 0) is 0 Å². The topological polar surface area (TPSA) is 112 Å². The number of fused-ring (bicyclic) bond motifs is 20. The number of nitrogens with one attached hydrogen (secondary N) is 9. The maximum Gasteiger partial charge on any atom is 0.0628 e. The smallest absolute Gasteiger partial charge is 0.0628 e. The van der Waals surface area contributed by atoms with Gasteiger partial charge in [-0.15, -0.1) is 0 Å². The van der Waals surface area contributed by atoms with E-state index in [1.54, 1.807) is 0 Å². The third-order valence-corrected chi connectivity index (χ3v) is 14.3. The summed E-state index contributed by atoms with van der Waals surface area (Å²) in [5, 5.41) is 33.8. The molecule has 6 heterocycles. The lowest BCUT2D eigenvalue weighted by Gasteiger charge is -2.35. The van der Waals surface area contributed by atoms with Crippen molar-refractivity contribution in [3.63, 3.8) is 0 Å². The highest BCUT2D eigenvalue weighted by Gasteiger charge is 2.54. The molecule has 0 amide bonds. The van der Waals surface area contributed by atoms with E-state index in [2.05, 4.69) is 47.5 Å². The molecule has 9 heteroatoms. The van der Waals surface area contributed by atoms with Crippen molar-refractivity contribution >= 4 is 0 Å². The molecule has 0 radical (unpaired) electrons. The van der Waals surface area contributed by atoms with E-state index in [0.717, 1.165) is 47.3 Å². The van der Waals surface area contributed by atoms with Crippen molar-refractivity contribution in [2.75, 3.05) is 0 Å². The number of H-pyrrole nitrogens is 1. The molecule has 9 N–H and O–H groups in total. The first-order chi connectivity index (χ1) is 22.3.